The maximum Gasteiger partial charge on any atom is 0.326 e. The van der Waals surface area contributed by atoms with Crippen LogP contribution in [0.2, 0.25) is 0 Å². The molecule has 0 bridgehead atoms. The maximum absolute atomic E-state index is 12.3. The van der Waals surface area contributed by atoms with Crippen molar-refractivity contribution >= 4 is 22.5 Å². The number of fused-ring (bicyclic) bond motifs is 3. The minimum Gasteiger partial charge on any atom is -0.480 e. The van der Waals surface area contributed by atoms with Gasteiger partial charge in [-0.25, -0.2) is 14.3 Å². The van der Waals surface area contributed by atoms with Crippen LogP contribution in [-0.4, -0.2) is 30.2 Å². The van der Waals surface area contributed by atoms with Gasteiger partial charge in [0.15, 0.2) is 5.65 Å². The van der Waals surface area contributed by atoms with E-state index < -0.39 is 17.6 Å². The Morgan fingerprint density at radius 2 is 2.21 bits per heavy atom. The molecule has 0 aromatic carbocycles. The van der Waals surface area contributed by atoms with Crippen molar-refractivity contribution in [3.63, 3.8) is 0 Å². The van der Waals surface area contributed by atoms with Crippen molar-refractivity contribution in [3.8, 4) is 0 Å². The summed E-state index contributed by atoms with van der Waals surface area (Å²) in [6.45, 7) is 1.45. The van der Waals surface area contributed by atoms with Crippen molar-refractivity contribution in [1.82, 2.24) is 19.2 Å². The SMILES string of the molecule is C[C@@H](C(=O)O)n1ccc2c(cnc3ccnn32)c1=O. The second-order valence-corrected chi connectivity index (χ2v) is 4.20. The average Bonchev–Trinajstić information content (AvgIpc) is 2.86. The van der Waals surface area contributed by atoms with Gasteiger partial charge < -0.3 is 9.67 Å². The number of nitrogens with zero attached hydrogens (tertiary/aromatic N) is 4. The van der Waals surface area contributed by atoms with Crippen LogP contribution in [0.3, 0.4) is 0 Å². The Bertz CT molecular complexity index is 849. The number of carboxylic acid groups (broad SMARTS) is 1. The molecule has 3 heterocycles. The fraction of sp³-hybridized carbons (Fsp3) is 0.167. The molecule has 0 unspecified atom stereocenters. The summed E-state index contributed by atoms with van der Waals surface area (Å²) >= 11 is 0. The highest BCUT2D eigenvalue weighted by molar-refractivity contribution is 5.80. The van der Waals surface area contributed by atoms with Crippen molar-refractivity contribution in [2.45, 2.75) is 13.0 Å². The lowest BCUT2D eigenvalue weighted by Crippen LogP contribution is -2.27. The molecule has 0 spiro atoms. The van der Waals surface area contributed by atoms with Crippen LogP contribution in [0.1, 0.15) is 13.0 Å². The minimum atomic E-state index is -1.06. The molecule has 0 radical (unpaired) electrons. The first-order chi connectivity index (χ1) is 9.09. The molecule has 3 aromatic rings. The molecular weight excluding hydrogens is 248 g/mol. The van der Waals surface area contributed by atoms with Crippen LogP contribution in [0.15, 0.2) is 35.5 Å². The van der Waals surface area contributed by atoms with Gasteiger partial charge in [0.05, 0.1) is 17.1 Å². The molecule has 7 nitrogen and oxygen atoms in total. The average molecular weight is 258 g/mol. The molecule has 3 aromatic heterocycles. The van der Waals surface area contributed by atoms with Crippen molar-refractivity contribution < 1.29 is 9.90 Å². The lowest BCUT2D eigenvalue weighted by molar-refractivity contribution is -0.140. The quantitative estimate of drug-likeness (QED) is 0.730. The summed E-state index contributed by atoms with van der Waals surface area (Å²) in [7, 11) is 0. The number of rotatable bonds is 2. The Morgan fingerprint density at radius 3 is 2.95 bits per heavy atom. The van der Waals surface area contributed by atoms with Gasteiger partial charge in [-0.3, -0.25) is 4.79 Å². The predicted molar refractivity (Wildman–Crippen MR) is 67.1 cm³/mol. The standard InChI is InChI=1S/C12H10N4O3/c1-7(12(18)19)15-5-3-9-8(11(15)17)6-13-10-2-4-14-16(9)10/h2-7H,1H3,(H,18,19)/t7-/m0/s1. The molecule has 3 rings (SSSR count). The van der Waals surface area contributed by atoms with Crippen LogP contribution in [0.25, 0.3) is 16.6 Å². The first-order valence-corrected chi connectivity index (χ1v) is 5.66. The highest BCUT2D eigenvalue weighted by Gasteiger charge is 2.16. The van der Waals surface area contributed by atoms with Gasteiger partial charge in [-0.15, -0.1) is 0 Å². The molecule has 0 saturated heterocycles. The first-order valence-electron chi connectivity index (χ1n) is 5.66. The van der Waals surface area contributed by atoms with E-state index in [0.29, 0.717) is 16.6 Å². The van der Waals surface area contributed by atoms with Crippen LogP contribution < -0.4 is 5.56 Å². The second kappa shape index (κ2) is 3.91. The Morgan fingerprint density at radius 1 is 1.42 bits per heavy atom. The monoisotopic (exact) mass is 258 g/mol. The molecule has 19 heavy (non-hydrogen) atoms. The zero-order chi connectivity index (χ0) is 13.6. The van der Waals surface area contributed by atoms with E-state index in [9.17, 15) is 9.59 Å². The van der Waals surface area contributed by atoms with Gasteiger partial charge >= 0.3 is 5.97 Å². The van der Waals surface area contributed by atoms with E-state index in [1.807, 2.05) is 0 Å². The van der Waals surface area contributed by atoms with Crippen molar-refractivity contribution in [1.29, 1.82) is 0 Å². The van der Waals surface area contributed by atoms with E-state index in [2.05, 4.69) is 10.1 Å². The fourth-order valence-electron chi connectivity index (χ4n) is 2.00. The third-order valence-corrected chi connectivity index (χ3v) is 3.09. The van der Waals surface area contributed by atoms with Crippen molar-refractivity contribution in [2.75, 3.05) is 0 Å². The highest BCUT2D eigenvalue weighted by atomic mass is 16.4. The first kappa shape index (κ1) is 11.4. The van der Waals surface area contributed by atoms with E-state index in [1.54, 1.807) is 22.8 Å². The maximum atomic E-state index is 12.3. The highest BCUT2D eigenvalue weighted by Crippen LogP contribution is 2.12. The molecule has 0 aliphatic heterocycles. The van der Waals surface area contributed by atoms with Crippen LogP contribution in [0.5, 0.6) is 0 Å². The van der Waals surface area contributed by atoms with Gasteiger partial charge in [0.25, 0.3) is 5.56 Å². The normalized spacial score (nSPS) is 12.9. The summed E-state index contributed by atoms with van der Waals surface area (Å²) in [5, 5.41) is 13.4. The topological polar surface area (TPSA) is 89.5 Å². The lowest BCUT2D eigenvalue weighted by Gasteiger charge is -2.11. The summed E-state index contributed by atoms with van der Waals surface area (Å²) in [4.78, 5) is 27.3. The number of aromatic nitrogens is 4. The Hall–Kier alpha value is -2.70. The van der Waals surface area contributed by atoms with Crippen LogP contribution in [-0.2, 0) is 4.79 Å². The second-order valence-electron chi connectivity index (χ2n) is 4.20. The summed E-state index contributed by atoms with van der Waals surface area (Å²) < 4.78 is 2.72. The number of carboxylic acids is 1. The Labute approximate surface area is 106 Å². The van der Waals surface area contributed by atoms with E-state index in [4.69, 9.17) is 5.11 Å². The molecule has 0 aliphatic carbocycles. The molecule has 1 atom stereocenters. The summed E-state index contributed by atoms with van der Waals surface area (Å²) in [6, 6.07) is 2.47. The van der Waals surface area contributed by atoms with Gasteiger partial charge in [0, 0.05) is 18.5 Å². The van der Waals surface area contributed by atoms with E-state index >= 15 is 0 Å². The van der Waals surface area contributed by atoms with Crippen LogP contribution in [0, 0.1) is 0 Å². The minimum absolute atomic E-state index is 0.340. The predicted octanol–water partition coefficient (Wildman–Crippen LogP) is 0.690. The molecule has 1 N–H and O–H groups in total. The molecule has 0 saturated carbocycles. The van der Waals surface area contributed by atoms with E-state index in [0.717, 1.165) is 0 Å². The zero-order valence-corrected chi connectivity index (χ0v) is 10.0. The molecule has 0 fully saturated rings. The summed E-state index contributed by atoms with van der Waals surface area (Å²) in [5.74, 6) is -1.06. The molecule has 7 heteroatoms. The van der Waals surface area contributed by atoms with Crippen LogP contribution in [0.4, 0.5) is 0 Å². The molecule has 0 aliphatic rings. The third kappa shape index (κ3) is 1.59. The largest absolute Gasteiger partial charge is 0.480 e. The third-order valence-electron chi connectivity index (χ3n) is 3.09. The zero-order valence-electron chi connectivity index (χ0n) is 10.0. The number of pyridine rings is 1. The molecule has 0 amide bonds. The number of aliphatic carboxylic acids is 1. The van der Waals surface area contributed by atoms with Gasteiger partial charge in [-0.1, -0.05) is 0 Å². The van der Waals surface area contributed by atoms with Gasteiger partial charge in [0.2, 0.25) is 0 Å². The molecular formula is C12H10N4O3. The van der Waals surface area contributed by atoms with Crippen molar-refractivity contribution in [3.05, 3.63) is 41.1 Å². The van der Waals surface area contributed by atoms with Gasteiger partial charge in [-0.05, 0) is 13.0 Å². The Balaban J connectivity index is 2.37. The summed E-state index contributed by atoms with van der Waals surface area (Å²) in [5.41, 5.74) is 0.849. The summed E-state index contributed by atoms with van der Waals surface area (Å²) in [6.07, 6.45) is 4.50. The molecule has 96 valence electrons. The lowest BCUT2D eigenvalue weighted by atomic mass is 10.2. The van der Waals surface area contributed by atoms with Gasteiger partial charge in [-0.2, -0.15) is 5.10 Å². The smallest absolute Gasteiger partial charge is 0.326 e. The number of carbonyl (C=O) groups is 1. The van der Waals surface area contributed by atoms with E-state index in [-0.39, 0.29) is 0 Å². The fourth-order valence-corrected chi connectivity index (χ4v) is 2.00. The Kier molecular flexibility index (Phi) is 2.34. The van der Waals surface area contributed by atoms with Gasteiger partial charge in [0.1, 0.15) is 6.04 Å². The van der Waals surface area contributed by atoms with Crippen LogP contribution >= 0.6 is 0 Å². The number of hydrogen-bond donors (Lipinski definition) is 1. The van der Waals surface area contributed by atoms with Crippen molar-refractivity contribution in [2.24, 2.45) is 0 Å². The van der Waals surface area contributed by atoms with E-state index in [1.165, 1.54) is 23.9 Å². The number of hydrogen-bond acceptors (Lipinski definition) is 4.